The number of nitrogens with one attached hydrogen (secondary N) is 1. The highest BCUT2D eigenvalue weighted by Gasteiger charge is 2.27. The summed E-state index contributed by atoms with van der Waals surface area (Å²) >= 11 is 0. The first-order valence-corrected chi connectivity index (χ1v) is 12.0. The summed E-state index contributed by atoms with van der Waals surface area (Å²) in [5.41, 5.74) is 2.38. The molecular weight excluding hydrogens is 457 g/mol. The molecule has 7 heteroatoms. The van der Waals surface area contributed by atoms with Gasteiger partial charge in [0.05, 0.1) is 0 Å². The molecule has 0 spiro atoms. The molecule has 5 rings (SSSR count). The number of halogens is 1. The molecular formula is C29H26FN3O3. The second-order valence-electron chi connectivity index (χ2n) is 8.90. The molecule has 1 unspecified atom stereocenters. The van der Waals surface area contributed by atoms with Crippen LogP contribution in [0.25, 0.3) is 10.8 Å². The van der Waals surface area contributed by atoms with Gasteiger partial charge >= 0.3 is 0 Å². The van der Waals surface area contributed by atoms with Crippen molar-refractivity contribution in [2.24, 2.45) is 0 Å². The van der Waals surface area contributed by atoms with E-state index in [-0.39, 0.29) is 11.5 Å². The number of amides is 2. The van der Waals surface area contributed by atoms with Crippen LogP contribution in [0.5, 0.6) is 5.75 Å². The van der Waals surface area contributed by atoms with Crippen molar-refractivity contribution in [1.29, 1.82) is 0 Å². The molecule has 182 valence electrons. The van der Waals surface area contributed by atoms with Crippen LogP contribution < -0.4 is 15.0 Å². The van der Waals surface area contributed by atoms with Gasteiger partial charge in [0.15, 0.2) is 0 Å². The number of hydrogen-bond acceptors (Lipinski definition) is 4. The molecule has 1 aliphatic heterocycles. The minimum atomic E-state index is -1.22. The SMILES string of the molecule is Cc1cc(NC(=O)C(Oc2ccc3ccncc3c2)c2ccccc2F)ccc1N1CCCCC1=O. The minimum Gasteiger partial charge on any atom is -0.476 e. The van der Waals surface area contributed by atoms with Crippen molar-refractivity contribution >= 4 is 34.0 Å². The molecule has 1 N–H and O–H groups in total. The fourth-order valence-corrected chi connectivity index (χ4v) is 4.52. The number of benzene rings is 3. The zero-order valence-electron chi connectivity index (χ0n) is 19.9. The minimum absolute atomic E-state index is 0.111. The average molecular weight is 484 g/mol. The molecule has 1 saturated heterocycles. The second kappa shape index (κ2) is 10.2. The number of carbonyl (C=O) groups is 2. The lowest BCUT2D eigenvalue weighted by atomic mass is 10.1. The Morgan fingerprint density at radius 3 is 2.72 bits per heavy atom. The highest BCUT2D eigenvalue weighted by Crippen LogP contribution is 2.30. The van der Waals surface area contributed by atoms with E-state index in [1.54, 1.807) is 53.7 Å². The number of ether oxygens (including phenoxy) is 1. The fourth-order valence-electron chi connectivity index (χ4n) is 4.52. The zero-order valence-corrected chi connectivity index (χ0v) is 19.9. The summed E-state index contributed by atoms with van der Waals surface area (Å²) in [7, 11) is 0. The highest BCUT2D eigenvalue weighted by atomic mass is 19.1. The summed E-state index contributed by atoms with van der Waals surface area (Å²) < 4.78 is 20.8. The lowest BCUT2D eigenvalue weighted by Crippen LogP contribution is -2.35. The van der Waals surface area contributed by atoms with Crippen molar-refractivity contribution in [3.05, 3.63) is 96.1 Å². The van der Waals surface area contributed by atoms with Gasteiger partial charge in [-0.05, 0) is 73.2 Å². The third-order valence-electron chi connectivity index (χ3n) is 6.37. The van der Waals surface area contributed by atoms with Crippen LogP contribution in [0.1, 0.15) is 36.5 Å². The molecule has 2 heterocycles. The molecule has 1 aliphatic rings. The first-order valence-electron chi connectivity index (χ1n) is 12.0. The second-order valence-corrected chi connectivity index (χ2v) is 8.90. The van der Waals surface area contributed by atoms with Crippen LogP contribution >= 0.6 is 0 Å². The van der Waals surface area contributed by atoms with E-state index < -0.39 is 17.8 Å². The maximum Gasteiger partial charge on any atom is 0.270 e. The Labute approximate surface area is 208 Å². The number of fused-ring (bicyclic) bond motifs is 1. The van der Waals surface area contributed by atoms with Crippen molar-refractivity contribution in [1.82, 2.24) is 4.98 Å². The molecule has 0 aliphatic carbocycles. The molecule has 0 bridgehead atoms. The molecule has 4 aromatic rings. The number of hydrogen-bond donors (Lipinski definition) is 1. The van der Waals surface area contributed by atoms with Crippen molar-refractivity contribution in [2.75, 3.05) is 16.8 Å². The van der Waals surface area contributed by atoms with Crippen molar-refractivity contribution in [3.63, 3.8) is 0 Å². The average Bonchev–Trinajstić information content (AvgIpc) is 2.88. The Morgan fingerprint density at radius 1 is 1.06 bits per heavy atom. The van der Waals surface area contributed by atoms with Crippen molar-refractivity contribution in [3.8, 4) is 5.75 Å². The van der Waals surface area contributed by atoms with Gasteiger partial charge in [-0.15, -0.1) is 0 Å². The molecule has 1 fully saturated rings. The number of pyridine rings is 1. The first-order chi connectivity index (χ1) is 17.5. The molecule has 2 amide bonds. The van der Waals surface area contributed by atoms with Crippen molar-refractivity contribution < 1.29 is 18.7 Å². The molecule has 0 saturated carbocycles. The Kier molecular flexibility index (Phi) is 6.62. The first kappa shape index (κ1) is 23.5. The van der Waals surface area contributed by atoms with Crippen molar-refractivity contribution in [2.45, 2.75) is 32.3 Å². The number of rotatable bonds is 6. The van der Waals surface area contributed by atoms with Crippen LogP contribution in [0, 0.1) is 12.7 Å². The number of piperidine rings is 1. The zero-order chi connectivity index (χ0) is 25.1. The summed E-state index contributed by atoms with van der Waals surface area (Å²) in [6, 6.07) is 18.8. The van der Waals surface area contributed by atoms with E-state index in [4.69, 9.17) is 4.74 Å². The van der Waals surface area contributed by atoms with Gasteiger partial charge in [-0.25, -0.2) is 4.39 Å². The quantitative estimate of drug-likeness (QED) is 0.367. The van der Waals surface area contributed by atoms with Crippen LogP contribution in [0.15, 0.2) is 79.1 Å². The van der Waals surface area contributed by atoms with Gasteiger partial charge < -0.3 is 15.0 Å². The fraction of sp³-hybridized carbons (Fsp3) is 0.207. The Hall–Kier alpha value is -4.26. The van der Waals surface area contributed by atoms with Crippen LogP contribution in [-0.4, -0.2) is 23.3 Å². The predicted molar refractivity (Wildman–Crippen MR) is 138 cm³/mol. The summed E-state index contributed by atoms with van der Waals surface area (Å²) in [4.78, 5) is 31.7. The third-order valence-corrected chi connectivity index (χ3v) is 6.37. The summed E-state index contributed by atoms with van der Waals surface area (Å²) in [6.45, 7) is 2.59. The van der Waals surface area contributed by atoms with Crippen LogP contribution in [-0.2, 0) is 9.59 Å². The number of carbonyl (C=O) groups excluding carboxylic acids is 2. The molecule has 3 aromatic carbocycles. The molecule has 1 atom stereocenters. The standard InChI is InChI=1S/C29H26FN3O3/c1-19-16-22(10-12-26(19)33-15-5-4-8-27(33)34)32-29(35)28(24-6-2-3-7-25(24)30)36-23-11-9-20-13-14-31-18-21(20)17-23/h2-3,6-7,9-14,16-18,28H,4-5,8,15H2,1H3,(H,32,35). The van der Waals surface area contributed by atoms with Gasteiger partial charge in [-0.3, -0.25) is 14.6 Å². The summed E-state index contributed by atoms with van der Waals surface area (Å²) in [5.74, 6) is -0.503. The topological polar surface area (TPSA) is 71.5 Å². The van der Waals surface area contributed by atoms with E-state index in [2.05, 4.69) is 10.3 Å². The predicted octanol–water partition coefficient (Wildman–Crippen LogP) is 5.96. The largest absolute Gasteiger partial charge is 0.476 e. The molecule has 6 nitrogen and oxygen atoms in total. The van der Waals surface area contributed by atoms with Crippen LogP contribution in [0.3, 0.4) is 0 Å². The summed E-state index contributed by atoms with van der Waals surface area (Å²) in [6.07, 6.45) is 4.61. The molecule has 36 heavy (non-hydrogen) atoms. The lowest BCUT2D eigenvalue weighted by molar-refractivity contribution is -0.123. The number of nitrogens with zero attached hydrogens (tertiary/aromatic N) is 2. The number of aryl methyl sites for hydroxylation is 1. The number of anilines is 2. The number of aromatic nitrogens is 1. The normalized spacial score (nSPS) is 14.5. The van der Waals surface area contributed by atoms with E-state index >= 15 is 0 Å². The summed E-state index contributed by atoms with van der Waals surface area (Å²) in [5, 5.41) is 4.69. The maximum absolute atomic E-state index is 14.7. The Morgan fingerprint density at radius 2 is 1.92 bits per heavy atom. The van der Waals surface area contributed by atoms with Crippen LogP contribution in [0.2, 0.25) is 0 Å². The monoisotopic (exact) mass is 483 g/mol. The molecule has 0 radical (unpaired) electrons. The lowest BCUT2D eigenvalue weighted by Gasteiger charge is -2.28. The van der Waals surface area contributed by atoms with E-state index in [9.17, 15) is 14.0 Å². The van der Waals surface area contributed by atoms with Gasteiger partial charge in [0.25, 0.3) is 5.91 Å². The molecule has 1 aromatic heterocycles. The van der Waals surface area contributed by atoms with Gasteiger partial charge in [-0.1, -0.05) is 24.3 Å². The van der Waals surface area contributed by atoms with E-state index in [1.807, 2.05) is 31.2 Å². The third kappa shape index (κ3) is 4.91. The van der Waals surface area contributed by atoms with E-state index in [0.717, 1.165) is 34.9 Å². The Bertz CT molecular complexity index is 1440. The maximum atomic E-state index is 14.7. The Balaban J connectivity index is 1.41. The smallest absolute Gasteiger partial charge is 0.270 e. The van der Waals surface area contributed by atoms with Gasteiger partial charge in [0, 0.05) is 47.7 Å². The van der Waals surface area contributed by atoms with Gasteiger partial charge in [0.1, 0.15) is 11.6 Å². The van der Waals surface area contributed by atoms with Crippen LogP contribution in [0.4, 0.5) is 15.8 Å². The van der Waals surface area contributed by atoms with E-state index in [0.29, 0.717) is 24.4 Å². The highest BCUT2D eigenvalue weighted by molar-refractivity contribution is 5.97. The van der Waals surface area contributed by atoms with E-state index in [1.165, 1.54) is 6.07 Å². The van der Waals surface area contributed by atoms with Gasteiger partial charge in [-0.2, -0.15) is 0 Å². The van der Waals surface area contributed by atoms with Gasteiger partial charge in [0.2, 0.25) is 12.0 Å².